The zero-order valence-electron chi connectivity index (χ0n) is 11.3. The minimum Gasteiger partial charge on any atom is -0.368 e. The second-order valence-corrected chi connectivity index (χ2v) is 4.80. The fourth-order valence-corrected chi connectivity index (χ4v) is 2.59. The zero-order valence-corrected chi connectivity index (χ0v) is 11.3. The molecule has 0 aliphatic carbocycles. The van der Waals surface area contributed by atoms with E-state index in [1.165, 1.54) is 19.4 Å². The van der Waals surface area contributed by atoms with E-state index in [0.29, 0.717) is 12.6 Å². The first-order valence-electron chi connectivity index (χ1n) is 6.75. The number of nitrogens with two attached hydrogens (primary N) is 1. The van der Waals surface area contributed by atoms with Crippen molar-refractivity contribution in [2.24, 2.45) is 5.73 Å². The van der Waals surface area contributed by atoms with Crippen LogP contribution in [0, 0.1) is 6.92 Å². The van der Waals surface area contributed by atoms with E-state index in [1.54, 1.807) is 0 Å². The van der Waals surface area contributed by atoms with Crippen LogP contribution < -0.4 is 11.1 Å². The molecule has 18 heavy (non-hydrogen) atoms. The summed E-state index contributed by atoms with van der Waals surface area (Å²) in [6, 6.07) is 2.57. The largest absolute Gasteiger partial charge is 0.368 e. The molecule has 5 heteroatoms. The van der Waals surface area contributed by atoms with Crippen molar-refractivity contribution in [3.8, 4) is 0 Å². The predicted octanol–water partition coefficient (Wildman–Crippen LogP) is 1.14. The van der Waals surface area contributed by atoms with Crippen LogP contribution in [-0.2, 0) is 6.54 Å². The van der Waals surface area contributed by atoms with Gasteiger partial charge in [0.25, 0.3) is 0 Å². The van der Waals surface area contributed by atoms with Crippen LogP contribution in [0.4, 0.5) is 5.82 Å². The topological polar surface area (TPSA) is 67.1 Å². The minimum absolute atomic E-state index is 0.461. The van der Waals surface area contributed by atoms with Gasteiger partial charge in [-0.3, -0.25) is 4.90 Å². The quantitative estimate of drug-likeness (QED) is 0.819. The molecule has 100 valence electrons. The third kappa shape index (κ3) is 3.17. The molecule has 1 aliphatic rings. The van der Waals surface area contributed by atoms with Gasteiger partial charge in [-0.2, -0.15) is 0 Å². The van der Waals surface area contributed by atoms with Crippen LogP contribution in [0.5, 0.6) is 0 Å². The number of rotatable bonds is 5. The summed E-state index contributed by atoms with van der Waals surface area (Å²) in [4.78, 5) is 11.2. The summed E-state index contributed by atoms with van der Waals surface area (Å²) in [5.74, 6) is 1.67. The van der Waals surface area contributed by atoms with Gasteiger partial charge >= 0.3 is 0 Å². The standard InChI is InChI=1S/C13H23N5/c1-3-18-6-4-5-12(18)9-15-13-7-11(8-14)16-10(2)17-13/h7,12H,3-6,8-9,14H2,1-2H3,(H,15,16,17). The second kappa shape index (κ2) is 6.11. The number of likely N-dealkylation sites (tertiary alicyclic amines) is 1. The summed E-state index contributed by atoms with van der Waals surface area (Å²) in [6.45, 7) is 7.89. The van der Waals surface area contributed by atoms with Crippen molar-refractivity contribution in [1.82, 2.24) is 14.9 Å². The Balaban J connectivity index is 1.95. The molecule has 0 saturated carbocycles. The van der Waals surface area contributed by atoms with E-state index in [2.05, 4.69) is 27.1 Å². The van der Waals surface area contributed by atoms with Crippen molar-refractivity contribution < 1.29 is 0 Å². The van der Waals surface area contributed by atoms with Crippen LogP contribution in [-0.4, -0.2) is 40.5 Å². The van der Waals surface area contributed by atoms with Crippen molar-refractivity contribution >= 4 is 5.82 Å². The van der Waals surface area contributed by atoms with E-state index in [-0.39, 0.29) is 0 Å². The highest BCUT2D eigenvalue weighted by Crippen LogP contribution is 2.17. The van der Waals surface area contributed by atoms with Gasteiger partial charge in [-0.15, -0.1) is 0 Å². The Morgan fingerprint density at radius 1 is 1.50 bits per heavy atom. The van der Waals surface area contributed by atoms with Gasteiger partial charge in [0.1, 0.15) is 11.6 Å². The first-order valence-corrected chi connectivity index (χ1v) is 6.75. The number of aromatic nitrogens is 2. The Hall–Kier alpha value is -1.20. The number of hydrogen-bond acceptors (Lipinski definition) is 5. The molecule has 0 bridgehead atoms. The van der Waals surface area contributed by atoms with Crippen molar-refractivity contribution in [1.29, 1.82) is 0 Å². The van der Waals surface area contributed by atoms with Crippen LogP contribution in [0.25, 0.3) is 0 Å². The molecule has 1 saturated heterocycles. The molecule has 1 aromatic rings. The zero-order chi connectivity index (χ0) is 13.0. The Morgan fingerprint density at radius 3 is 3.06 bits per heavy atom. The van der Waals surface area contributed by atoms with E-state index >= 15 is 0 Å². The molecule has 0 spiro atoms. The minimum atomic E-state index is 0.461. The van der Waals surface area contributed by atoms with Crippen LogP contribution in [0.1, 0.15) is 31.3 Å². The number of hydrogen-bond donors (Lipinski definition) is 2. The van der Waals surface area contributed by atoms with Crippen LogP contribution in [0.15, 0.2) is 6.07 Å². The van der Waals surface area contributed by atoms with Gasteiger partial charge in [0.05, 0.1) is 5.69 Å². The monoisotopic (exact) mass is 249 g/mol. The number of nitrogens with one attached hydrogen (secondary N) is 1. The van der Waals surface area contributed by atoms with E-state index in [1.807, 2.05) is 13.0 Å². The molecule has 0 radical (unpaired) electrons. The van der Waals surface area contributed by atoms with E-state index < -0.39 is 0 Å². The average molecular weight is 249 g/mol. The Labute approximate surface area is 109 Å². The SMILES string of the molecule is CCN1CCCC1CNc1cc(CN)nc(C)n1. The Bertz CT molecular complexity index is 393. The van der Waals surface area contributed by atoms with Crippen LogP contribution in [0.2, 0.25) is 0 Å². The molecule has 1 aliphatic heterocycles. The van der Waals surface area contributed by atoms with Gasteiger partial charge in [0, 0.05) is 25.2 Å². The Morgan fingerprint density at radius 2 is 2.33 bits per heavy atom. The molecule has 2 heterocycles. The molecule has 1 atom stereocenters. The van der Waals surface area contributed by atoms with E-state index in [0.717, 1.165) is 30.4 Å². The van der Waals surface area contributed by atoms with Gasteiger partial charge in [0.2, 0.25) is 0 Å². The number of likely N-dealkylation sites (N-methyl/N-ethyl adjacent to an activating group) is 1. The lowest BCUT2D eigenvalue weighted by atomic mass is 10.2. The highest BCUT2D eigenvalue weighted by atomic mass is 15.2. The summed E-state index contributed by atoms with van der Waals surface area (Å²) in [6.07, 6.45) is 2.58. The summed E-state index contributed by atoms with van der Waals surface area (Å²) in [5, 5.41) is 3.42. The van der Waals surface area contributed by atoms with Crippen molar-refractivity contribution in [3.63, 3.8) is 0 Å². The molecule has 1 aromatic heterocycles. The summed E-state index contributed by atoms with van der Waals surface area (Å²) >= 11 is 0. The second-order valence-electron chi connectivity index (χ2n) is 4.80. The molecule has 1 unspecified atom stereocenters. The van der Waals surface area contributed by atoms with Crippen LogP contribution >= 0.6 is 0 Å². The molecule has 0 aromatic carbocycles. The average Bonchev–Trinajstić information content (AvgIpc) is 2.83. The molecular weight excluding hydrogens is 226 g/mol. The van der Waals surface area contributed by atoms with Crippen molar-refractivity contribution in [2.45, 2.75) is 39.3 Å². The fraction of sp³-hybridized carbons (Fsp3) is 0.692. The lowest BCUT2D eigenvalue weighted by molar-refractivity contribution is 0.277. The third-order valence-electron chi connectivity index (χ3n) is 3.52. The number of aryl methyl sites for hydroxylation is 1. The summed E-state index contributed by atoms with van der Waals surface area (Å²) in [7, 11) is 0. The molecule has 0 amide bonds. The molecule has 1 fully saturated rings. The van der Waals surface area contributed by atoms with Gasteiger partial charge in [0.15, 0.2) is 0 Å². The smallest absolute Gasteiger partial charge is 0.130 e. The number of nitrogens with zero attached hydrogens (tertiary/aromatic N) is 3. The van der Waals surface area contributed by atoms with Gasteiger partial charge < -0.3 is 11.1 Å². The van der Waals surface area contributed by atoms with E-state index in [9.17, 15) is 0 Å². The maximum absolute atomic E-state index is 5.62. The maximum Gasteiger partial charge on any atom is 0.130 e. The first kappa shape index (κ1) is 13.2. The molecule has 5 nitrogen and oxygen atoms in total. The fourth-order valence-electron chi connectivity index (χ4n) is 2.59. The highest BCUT2D eigenvalue weighted by Gasteiger charge is 2.22. The van der Waals surface area contributed by atoms with Crippen molar-refractivity contribution in [2.75, 3.05) is 25.0 Å². The molecule has 2 rings (SSSR count). The lowest BCUT2D eigenvalue weighted by Crippen LogP contribution is -2.34. The Kier molecular flexibility index (Phi) is 4.49. The normalized spacial score (nSPS) is 20.3. The van der Waals surface area contributed by atoms with Gasteiger partial charge in [-0.1, -0.05) is 6.92 Å². The summed E-state index contributed by atoms with van der Waals surface area (Å²) < 4.78 is 0. The number of anilines is 1. The predicted molar refractivity (Wildman–Crippen MR) is 73.4 cm³/mol. The third-order valence-corrected chi connectivity index (χ3v) is 3.52. The summed E-state index contributed by atoms with van der Waals surface area (Å²) in [5.41, 5.74) is 6.52. The van der Waals surface area contributed by atoms with Gasteiger partial charge in [-0.25, -0.2) is 9.97 Å². The lowest BCUT2D eigenvalue weighted by Gasteiger charge is -2.23. The molecular formula is C13H23N5. The van der Waals surface area contributed by atoms with Crippen LogP contribution in [0.3, 0.4) is 0 Å². The van der Waals surface area contributed by atoms with Gasteiger partial charge in [-0.05, 0) is 32.9 Å². The maximum atomic E-state index is 5.62. The highest BCUT2D eigenvalue weighted by molar-refractivity contribution is 5.36. The van der Waals surface area contributed by atoms with Crippen molar-refractivity contribution in [3.05, 3.63) is 17.6 Å². The van der Waals surface area contributed by atoms with E-state index in [4.69, 9.17) is 5.73 Å². The molecule has 3 N–H and O–H groups in total. The first-order chi connectivity index (χ1) is 8.72.